The zero-order valence-electron chi connectivity index (χ0n) is 20.8. The third-order valence-electron chi connectivity index (χ3n) is 6.02. The Labute approximate surface area is 249 Å². The molecule has 2 atom stereocenters. The lowest BCUT2D eigenvalue weighted by molar-refractivity contribution is -0.194. The van der Waals surface area contributed by atoms with E-state index in [4.69, 9.17) is 60.6 Å². The van der Waals surface area contributed by atoms with Crippen molar-refractivity contribution in [1.82, 2.24) is 5.32 Å². The molecule has 4 rings (SSSR count). The molecule has 0 saturated carbocycles. The number of halogens is 4. The van der Waals surface area contributed by atoms with Gasteiger partial charge in [0.25, 0.3) is 0 Å². The van der Waals surface area contributed by atoms with Crippen molar-refractivity contribution in [2.75, 3.05) is 13.2 Å². The number of aliphatic hydroxyl groups is 1. The van der Waals surface area contributed by atoms with Crippen LogP contribution >= 0.6 is 46.4 Å². The highest BCUT2D eigenvalue weighted by atomic mass is 35.5. The Balaban J connectivity index is 1.55. The summed E-state index contributed by atoms with van der Waals surface area (Å²) in [6.07, 6.45) is -0.543. The maximum Gasteiger partial charge on any atom is 0.453 e. The van der Waals surface area contributed by atoms with Crippen molar-refractivity contribution in [3.05, 3.63) is 74.2 Å². The second-order valence-corrected chi connectivity index (χ2v) is 10.7. The van der Waals surface area contributed by atoms with E-state index in [9.17, 15) is 24.9 Å². The fraction of sp³-hybridized carbons (Fsp3) is 0.259. The number of aliphatic hydroxyl groups excluding tert-OH is 1. The van der Waals surface area contributed by atoms with E-state index >= 15 is 0 Å². The molecule has 0 bridgehead atoms. The van der Waals surface area contributed by atoms with Gasteiger partial charge in [-0.3, -0.25) is 0 Å². The Morgan fingerprint density at radius 3 is 2.27 bits per heavy atom. The largest absolute Gasteiger partial charge is 0.489 e. The molecule has 4 N–H and O–H groups in total. The molecule has 0 saturated heterocycles. The Morgan fingerprint density at radius 2 is 1.60 bits per heavy atom. The monoisotopic (exact) mass is 629 g/mol. The summed E-state index contributed by atoms with van der Waals surface area (Å²) in [7, 11) is 0. The molecule has 1 aliphatic rings. The van der Waals surface area contributed by atoms with Gasteiger partial charge in [0.1, 0.15) is 18.5 Å². The van der Waals surface area contributed by atoms with Crippen molar-refractivity contribution < 1.29 is 39.1 Å². The third-order valence-corrected chi connectivity index (χ3v) is 7.13. The molecule has 0 radical (unpaired) electrons. The van der Waals surface area contributed by atoms with Crippen LogP contribution in [0.2, 0.25) is 20.1 Å². The van der Waals surface area contributed by atoms with Crippen LogP contribution in [0.25, 0.3) is 11.1 Å². The molecule has 2 unspecified atom stereocenters. The van der Waals surface area contributed by atoms with Crippen molar-refractivity contribution in [3.63, 3.8) is 0 Å². The molecule has 1 aliphatic heterocycles. The van der Waals surface area contributed by atoms with Crippen molar-refractivity contribution in [2.24, 2.45) is 0 Å². The smallest absolute Gasteiger partial charge is 0.453 e. The van der Waals surface area contributed by atoms with E-state index in [1.807, 2.05) is 6.92 Å². The van der Waals surface area contributed by atoms with Crippen LogP contribution in [0.3, 0.4) is 0 Å². The number of nitrogens with one attached hydrogen (secondary N) is 1. The van der Waals surface area contributed by atoms with Crippen LogP contribution < -0.4 is 19.5 Å². The van der Waals surface area contributed by atoms with Crippen molar-refractivity contribution in [3.8, 4) is 28.4 Å². The summed E-state index contributed by atoms with van der Waals surface area (Å²) in [6, 6.07) is 12.3. The summed E-state index contributed by atoms with van der Waals surface area (Å²) >= 11 is 24.8. The van der Waals surface area contributed by atoms with Gasteiger partial charge in [0.05, 0.1) is 5.02 Å². The summed E-state index contributed by atoms with van der Waals surface area (Å²) in [5, 5.41) is 34.3. The summed E-state index contributed by atoms with van der Waals surface area (Å²) < 4.78 is 16.4. The maximum absolute atomic E-state index is 11.9. The highest BCUT2D eigenvalue weighted by molar-refractivity contribution is 6.35. The first-order valence-electron chi connectivity index (χ1n) is 11.9. The molecule has 40 heavy (non-hydrogen) atoms. The fourth-order valence-electron chi connectivity index (χ4n) is 4.10. The van der Waals surface area contributed by atoms with Crippen LogP contribution in [-0.4, -0.2) is 58.3 Å². The topological polar surface area (TPSA) is 135 Å². The number of hydrogen-bond donors (Lipinski definition) is 4. The van der Waals surface area contributed by atoms with Crippen LogP contribution in [0.5, 0.6) is 17.2 Å². The number of carboxylic acids is 2. The zero-order valence-corrected chi connectivity index (χ0v) is 23.8. The molecule has 0 aromatic heterocycles. The van der Waals surface area contributed by atoms with Crippen LogP contribution in [0, 0.1) is 0 Å². The van der Waals surface area contributed by atoms with Crippen LogP contribution in [0.4, 0.5) is 0 Å². The van der Waals surface area contributed by atoms with Gasteiger partial charge in [-0.1, -0.05) is 52.5 Å². The number of benzene rings is 3. The van der Waals surface area contributed by atoms with Crippen molar-refractivity contribution >= 4 is 58.3 Å². The summed E-state index contributed by atoms with van der Waals surface area (Å²) in [5.41, 5.74) is 1.37. The van der Waals surface area contributed by atoms with Crippen LogP contribution in [-0.2, 0) is 16.0 Å². The van der Waals surface area contributed by atoms with E-state index in [-0.39, 0.29) is 35.7 Å². The van der Waals surface area contributed by atoms with Gasteiger partial charge in [-0.25, -0.2) is 9.59 Å². The minimum Gasteiger partial charge on any atom is -0.489 e. The zero-order chi connectivity index (χ0) is 29.2. The molecular weight excluding hydrogens is 608 g/mol. The third kappa shape index (κ3) is 6.35. The molecule has 0 aliphatic carbocycles. The number of ether oxygens (including phenoxy) is 3. The summed E-state index contributed by atoms with van der Waals surface area (Å²) in [5.74, 6) is -6.43. The molecule has 212 valence electrons. The summed E-state index contributed by atoms with van der Waals surface area (Å²) in [4.78, 5) is 23.7. The lowest BCUT2D eigenvalue weighted by Crippen LogP contribution is -2.54. The number of hydrogen-bond acceptors (Lipinski definition) is 7. The van der Waals surface area contributed by atoms with E-state index in [1.54, 1.807) is 42.5 Å². The van der Waals surface area contributed by atoms with Crippen LogP contribution in [0.1, 0.15) is 12.5 Å². The lowest BCUT2D eigenvalue weighted by Gasteiger charge is -2.21. The molecule has 0 amide bonds. The second-order valence-electron chi connectivity index (χ2n) is 9.04. The maximum atomic E-state index is 11.9. The fourth-order valence-corrected chi connectivity index (χ4v) is 4.82. The van der Waals surface area contributed by atoms with Crippen molar-refractivity contribution in [2.45, 2.75) is 31.3 Å². The van der Waals surface area contributed by atoms with Crippen LogP contribution in [0.15, 0.2) is 48.5 Å². The molecule has 0 spiro atoms. The van der Waals surface area contributed by atoms with Gasteiger partial charge in [0, 0.05) is 44.8 Å². The molecule has 9 nitrogen and oxygen atoms in total. The molecule has 3 aromatic carbocycles. The highest BCUT2D eigenvalue weighted by Gasteiger charge is 2.58. The Bertz CT molecular complexity index is 1440. The van der Waals surface area contributed by atoms with E-state index in [2.05, 4.69) is 5.32 Å². The molecule has 0 fully saturated rings. The van der Waals surface area contributed by atoms with Gasteiger partial charge in [0.2, 0.25) is 0 Å². The van der Waals surface area contributed by atoms with Crippen molar-refractivity contribution in [1.29, 1.82) is 0 Å². The van der Waals surface area contributed by atoms with Gasteiger partial charge in [-0.2, -0.15) is 0 Å². The molecule has 13 heteroatoms. The molecule has 1 heterocycles. The SMILES string of the molecule is CC(Cc1ccc2c(c1-c1cc(Cl)ccc1Cl)OC(C(=O)O)(C(=O)O)O2)NCC(O)COc1cc(Cl)ccc1Cl. The Kier molecular flexibility index (Phi) is 9.24. The normalized spacial score (nSPS) is 14.9. The number of carbonyl (C=O) groups is 2. The van der Waals surface area contributed by atoms with E-state index < -0.39 is 23.8 Å². The Hall–Kier alpha value is -2.92. The van der Waals surface area contributed by atoms with Gasteiger partial charge < -0.3 is 34.8 Å². The number of aliphatic carboxylic acids is 2. The van der Waals surface area contributed by atoms with Gasteiger partial charge in [-0.05, 0) is 55.3 Å². The number of carboxylic acid groups (broad SMARTS) is 2. The molecule has 3 aromatic rings. The van der Waals surface area contributed by atoms with Gasteiger partial charge >= 0.3 is 17.7 Å². The van der Waals surface area contributed by atoms with Gasteiger partial charge in [-0.15, -0.1) is 0 Å². The minimum atomic E-state index is -2.96. The predicted molar refractivity (Wildman–Crippen MR) is 150 cm³/mol. The van der Waals surface area contributed by atoms with E-state index in [1.165, 1.54) is 6.07 Å². The first-order valence-corrected chi connectivity index (χ1v) is 13.4. The average Bonchev–Trinajstić information content (AvgIpc) is 3.31. The lowest BCUT2D eigenvalue weighted by atomic mass is 9.94. The predicted octanol–water partition coefficient (Wildman–Crippen LogP) is 5.56. The highest BCUT2D eigenvalue weighted by Crippen LogP contribution is 2.50. The molecular formula is C27H23Cl4NO8. The first kappa shape index (κ1) is 30.0. The summed E-state index contributed by atoms with van der Waals surface area (Å²) in [6.45, 7) is 1.99. The quantitative estimate of drug-likeness (QED) is 0.201. The first-order chi connectivity index (χ1) is 18.9. The standard InChI is InChI=1S/C27H23Cl4NO8/c1-13(32-11-17(33)12-38-22-10-16(29)4-6-20(22)31)8-14-2-7-21-24(40-27(39-21,25(34)35)26(36)37)23(14)18-9-15(28)3-5-19(18)30/h2-7,9-10,13,17,32-33H,8,11-12H2,1H3,(H,34,35)(H,36,37). The Morgan fingerprint density at radius 1 is 0.950 bits per heavy atom. The number of fused-ring (bicyclic) bond motifs is 1. The minimum absolute atomic E-state index is 0.0420. The second kappa shape index (κ2) is 12.3. The number of rotatable bonds is 11. The van der Waals surface area contributed by atoms with E-state index in [0.29, 0.717) is 43.9 Å². The van der Waals surface area contributed by atoms with Gasteiger partial charge in [0.15, 0.2) is 11.5 Å². The van der Waals surface area contributed by atoms with E-state index in [0.717, 1.165) is 0 Å². The average molecular weight is 631 g/mol.